The van der Waals surface area contributed by atoms with Crippen LogP contribution in [0.2, 0.25) is 0 Å². The van der Waals surface area contributed by atoms with Crippen molar-refractivity contribution >= 4 is 35.9 Å². The molecule has 8 nitrogen and oxygen atoms in total. The monoisotopic (exact) mass is 512 g/mol. The van der Waals surface area contributed by atoms with E-state index in [0.717, 1.165) is 42.6 Å². The van der Waals surface area contributed by atoms with Crippen LogP contribution in [-0.2, 0) is 16.1 Å². The fourth-order valence-corrected chi connectivity index (χ4v) is 3.42. The highest BCUT2D eigenvalue weighted by molar-refractivity contribution is 14.0. The summed E-state index contributed by atoms with van der Waals surface area (Å²) < 4.78 is 7.13. The van der Waals surface area contributed by atoms with Gasteiger partial charge in [-0.15, -0.1) is 24.0 Å². The maximum Gasteiger partial charge on any atom is 0.310 e. The Morgan fingerprint density at radius 1 is 1.38 bits per heavy atom. The number of likely N-dealkylation sites (tertiary alicyclic amines) is 1. The Bertz CT molecular complexity index is 821. The molecule has 1 aliphatic rings. The molecule has 0 aromatic carbocycles. The SMILES string of the molecule is CCOC(=O)C1CCCN(C(=NC)NCc2ccc(-n3ccnc3C)nc2)C1.I. The molecule has 2 aromatic rings. The summed E-state index contributed by atoms with van der Waals surface area (Å²) in [6.07, 6.45) is 7.33. The first-order valence-corrected chi connectivity index (χ1v) is 9.69. The molecule has 0 saturated carbocycles. The third kappa shape index (κ3) is 5.91. The highest BCUT2D eigenvalue weighted by atomic mass is 127. The van der Waals surface area contributed by atoms with Crippen LogP contribution in [0.5, 0.6) is 0 Å². The van der Waals surface area contributed by atoms with E-state index < -0.39 is 0 Å². The molecule has 158 valence electrons. The number of imidazole rings is 1. The van der Waals surface area contributed by atoms with E-state index in [4.69, 9.17) is 4.74 Å². The zero-order valence-electron chi connectivity index (χ0n) is 17.2. The molecule has 0 amide bonds. The van der Waals surface area contributed by atoms with Crippen LogP contribution >= 0.6 is 24.0 Å². The van der Waals surface area contributed by atoms with Crippen molar-refractivity contribution in [3.8, 4) is 5.82 Å². The van der Waals surface area contributed by atoms with Crippen LogP contribution < -0.4 is 5.32 Å². The summed E-state index contributed by atoms with van der Waals surface area (Å²) in [6, 6.07) is 4.02. The van der Waals surface area contributed by atoms with Crippen molar-refractivity contribution in [3.05, 3.63) is 42.1 Å². The van der Waals surface area contributed by atoms with E-state index in [1.54, 1.807) is 13.2 Å². The number of piperidine rings is 1. The van der Waals surface area contributed by atoms with Crippen molar-refractivity contribution in [1.29, 1.82) is 0 Å². The molecule has 2 aromatic heterocycles. The maximum absolute atomic E-state index is 12.1. The van der Waals surface area contributed by atoms with Crippen molar-refractivity contribution in [2.24, 2.45) is 10.9 Å². The van der Waals surface area contributed by atoms with Gasteiger partial charge in [-0.05, 0) is 38.3 Å². The minimum atomic E-state index is -0.114. The minimum absolute atomic E-state index is 0. The summed E-state index contributed by atoms with van der Waals surface area (Å²) in [7, 11) is 1.76. The number of aromatic nitrogens is 3. The van der Waals surface area contributed by atoms with Gasteiger partial charge >= 0.3 is 5.97 Å². The second-order valence-electron chi connectivity index (χ2n) is 6.81. The number of carbonyl (C=O) groups is 1. The Labute approximate surface area is 188 Å². The largest absolute Gasteiger partial charge is 0.466 e. The van der Waals surface area contributed by atoms with Gasteiger partial charge in [-0.2, -0.15) is 0 Å². The number of aryl methyl sites for hydroxylation is 1. The standard InChI is InChI=1S/C20H28N6O2.HI/c1-4-28-19(27)17-6-5-10-25(14-17)20(21-3)24-13-16-7-8-18(23-12-16)26-11-9-22-15(26)2;/h7-9,11-12,17H,4-6,10,13-14H2,1-3H3,(H,21,24);1H. The second-order valence-corrected chi connectivity index (χ2v) is 6.81. The fourth-order valence-electron chi connectivity index (χ4n) is 3.42. The Balaban J connectivity index is 0.00000300. The van der Waals surface area contributed by atoms with Gasteiger partial charge in [0.15, 0.2) is 5.96 Å². The number of nitrogens with one attached hydrogen (secondary N) is 1. The third-order valence-electron chi connectivity index (χ3n) is 4.88. The van der Waals surface area contributed by atoms with E-state index in [2.05, 4.69) is 25.2 Å². The van der Waals surface area contributed by atoms with Gasteiger partial charge in [-0.3, -0.25) is 14.4 Å². The van der Waals surface area contributed by atoms with E-state index in [0.29, 0.717) is 19.7 Å². The molecular weight excluding hydrogens is 483 g/mol. The number of halogens is 1. The average molecular weight is 512 g/mol. The van der Waals surface area contributed by atoms with E-state index >= 15 is 0 Å². The smallest absolute Gasteiger partial charge is 0.310 e. The van der Waals surface area contributed by atoms with Crippen LogP contribution in [0.3, 0.4) is 0 Å². The molecule has 1 fully saturated rings. The molecule has 1 unspecified atom stereocenters. The lowest BCUT2D eigenvalue weighted by atomic mass is 9.98. The number of carbonyl (C=O) groups excluding carboxylic acids is 1. The van der Waals surface area contributed by atoms with Gasteiger partial charge in [0.1, 0.15) is 11.6 Å². The van der Waals surface area contributed by atoms with E-state index in [9.17, 15) is 4.79 Å². The first kappa shape index (κ1) is 23.1. The molecular formula is C20H29IN6O2. The van der Waals surface area contributed by atoms with Crippen LogP contribution in [0.1, 0.15) is 31.2 Å². The summed E-state index contributed by atoms with van der Waals surface area (Å²) in [5.41, 5.74) is 1.06. The lowest BCUT2D eigenvalue weighted by molar-refractivity contribution is -0.149. The van der Waals surface area contributed by atoms with Crippen molar-refractivity contribution < 1.29 is 9.53 Å². The van der Waals surface area contributed by atoms with Gasteiger partial charge in [0.05, 0.1) is 12.5 Å². The topological polar surface area (TPSA) is 84.6 Å². The molecule has 3 rings (SSSR count). The number of hydrogen-bond donors (Lipinski definition) is 1. The van der Waals surface area contributed by atoms with Crippen LogP contribution in [0.25, 0.3) is 5.82 Å². The Morgan fingerprint density at radius 3 is 2.83 bits per heavy atom. The number of nitrogens with zero attached hydrogens (tertiary/aromatic N) is 5. The number of aliphatic imine (C=N–C) groups is 1. The fraction of sp³-hybridized carbons (Fsp3) is 0.500. The van der Waals surface area contributed by atoms with Crippen molar-refractivity contribution in [3.63, 3.8) is 0 Å². The summed E-state index contributed by atoms with van der Waals surface area (Å²) in [5, 5.41) is 3.38. The van der Waals surface area contributed by atoms with Gasteiger partial charge in [0, 0.05) is 45.3 Å². The van der Waals surface area contributed by atoms with Gasteiger partial charge < -0.3 is 15.0 Å². The quantitative estimate of drug-likeness (QED) is 0.287. The molecule has 0 spiro atoms. The molecule has 0 aliphatic carbocycles. The maximum atomic E-state index is 12.1. The third-order valence-corrected chi connectivity index (χ3v) is 4.88. The van der Waals surface area contributed by atoms with Crippen molar-refractivity contribution in [1.82, 2.24) is 24.8 Å². The van der Waals surface area contributed by atoms with Gasteiger partial charge in [0.25, 0.3) is 0 Å². The Kier molecular flexibility index (Phi) is 8.87. The zero-order valence-corrected chi connectivity index (χ0v) is 19.5. The molecule has 9 heteroatoms. The van der Waals surface area contributed by atoms with Gasteiger partial charge in [-0.25, -0.2) is 9.97 Å². The molecule has 1 atom stereocenters. The molecule has 3 heterocycles. The summed E-state index contributed by atoms with van der Waals surface area (Å²) >= 11 is 0. The normalized spacial score (nSPS) is 16.9. The average Bonchev–Trinajstić information content (AvgIpc) is 3.15. The highest BCUT2D eigenvalue weighted by Crippen LogP contribution is 2.18. The molecule has 1 N–H and O–H groups in total. The lowest BCUT2D eigenvalue weighted by Crippen LogP contribution is -2.48. The van der Waals surface area contributed by atoms with Crippen molar-refractivity contribution in [2.45, 2.75) is 33.2 Å². The van der Waals surface area contributed by atoms with Crippen LogP contribution in [-0.4, -0.2) is 58.1 Å². The summed E-state index contributed by atoms with van der Waals surface area (Å²) in [5.74, 6) is 2.34. The lowest BCUT2D eigenvalue weighted by Gasteiger charge is -2.33. The van der Waals surface area contributed by atoms with Gasteiger partial charge in [0.2, 0.25) is 0 Å². The number of esters is 1. The molecule has 0 bridgehead atoms. The first-order valence-electron chi connectivity index (χ1n) is 9.69. The van der Waals surface area contributed by atoms with Crippen LogP contribution in [0.4, 0.5) is 0 Å². The van der Waals surface area contributed by atoms with E-state index in [-0.39, 0.29) is 35.9 Å². The van der Waals surface area contributed by atoms with E-state index in [1.807, 2.05) is 42.9 Å². The molecule has 1 saturated heterocycles. The van der Waals surface area contributed by atoms with Gasteiger partial charge in [-0.1, -0.05) is 6.07 Å². The van der Waals surface area contributed by atoms with E-state index in [1.165, 1.54) is 0 Å². The second kappa shape index (κ2) is 11.1. The summed E-state index contributed by atoms with van der Waals surface area (Å²) in [6.45, 7) is 6.34. The number of guanidine groups is 1. The van der Waals surface area contributed by atoms with Crippen molar-refractivity contribution in [2.75, 3.05) is 26.7 Å². The Hall–Kier alpha value is -2.17. The Morgan fingerprint density at radius 2 is 2.21 bits per heavy atom. The molecule has 29 heavy (non-hydrogen) atoms. The van der Waals surface area contributed by atoms with Crippen LogP contribution in [0, 0.1) is 12.8 Å². The minimum Gasteiger partial charge on any atom is -0.466 e. The first-order chi connectivity index (χ1) is 13.6. The molecule has 0 radical (unpaired) electrons. The predicted octanol–water partition coefficient (Wildman–Crippen LogP) is 2.54. The number of ether oxygens (including phenoxy) is 1. The highest BCUT2D eigenvalue weighted by Gasteiger charge is 2.28. The number of rotatable bonds is 5. The number of pyridine rings is 1. The number of hydrogen-bond acceptors (Lipinski definition) is 5. The van der Waals surface area contributed by atoms with Crippen LogP contribution in [0.15, 0.2) is 35.7 Å². The summed E-state index contributed by atoms with van der Waals surface area (Å²) in [4.78, 5) is 27.3. The predicted molar refractivity (Wildman–Crippen MR) is 123 cm³/mol. The molecule has 1 aliphatic heterocycles. The zero-order chi connectivity index (χ0) is 19.9.